The Hall–Kier alpha value is -1.10. The molecule has 1 N–H and O–H groups in total. The van der Waals surface area contributed by atoms with Crippen LogP contribution in [0.15, 0.2) is 12.1 Å². The van der Waals surface area contributed by atoms with E-state index >= 15 is 0 Å². The number of methoxy groups -OCH3 is 1. The Bertz CT molecular complexity index is 499. The Balaban J connectivity index is 1.83. The van der Waals surface area contributed by atoms with Crippen LogP contribution in [-0.4, -0.2) is 31.2 Å². The second-order valence-corrected chi connectivity index (χ2v) is 6.28. The van der Waals surface area contributed by atoms with E-state index in [0.29, 0.717) is 26.1 Å². The third-order valence-corrected chi connectivity index (χ3v) is 4.85. The Morgan fingerprint density at radius 2 is 1.52 bits per heavy atom. The summed E-state index contributed by atoms with van der Waals surface area (Å²) in [6.45, 7) is 5.37. The van der Waals surface area contributed by atoms with Crippen molar-refractivity contribution in [3.05, 3.63) is 28.8 Å². The van der Waals surface area contributed by atoms with Gasteiger partial charge in [-0.1, -0.05) is 0 Å². The van der Waals surface area contributed by atoms with Gasteiger partial charge in [0.1, 0.15) is 5.75 Å². The van der Waals surface area contributed by atoms with Crippen LogP contribution in [0.25, 0.3) is 0 Å². The predicted molar refractivity (Wildman–Crippen MR) is 79.5 cm³/mol. The minimum atomic E-state index is -0.789. The molecule has 0 atom stereocenters. The molecule has 21 heavy (non-hydrogen) atoms. The molecule has 1 aromatic rings. The molecule has 1 saturated heterocycles. The number of aliphatic hydroxyl groups is 1. The van der Waals surface area contributed by atoms with Crippen LogP contribution in [0.3, 0.4) is 0 Å². The van der Waals surface area contributed by atoms with Gasteiger partial charge in [-0.15, -0.1) is 0 Å². The zero-order valence-corrected chi connectivity index (χ0v) is 13.1. The zero-order chi connectivity index (χ0) is 15.1. The van der Waals surface area contributed by atoms with Gasteiger partial charge < -0.3 is 19.3 Å². The molecule has 1 aromatic carbocycles. The number of rotatable bonds is 2. The van der Waals surface area contributed by atoms with Gasteiger partial charge in [-0.2, -0.15) is 0 Å². The molecule has 1 spiro atoms. The fourth-order valence-electron chi connectivity index (χ4n) is 3.66. The van der Waals surface area contributed by atoms with Crippen molar-refractivity contribution < 1.29 is 19.3 Å². The van der Waals surface area contributed by atoms with Gasteiger partial charge in [0.25, 0.3) is 0 Å². The lowest BCUT2D eigenvalue weighted by Crippen LogP contribution is -2.42. The number of hydrogen-bond acceptors (Lipinski definition) is 4. The largest absolute Gasteiger partial charge is 0.496 e. The molecule has 0 amide bonds. The molecule has 4 nitrogen and oxygen atoms in total. The molecule has 0 radical (unpaired) electrons. The summed E-state index contributed by atoms with van der Waals surface area (Å²) in [5.41, 5.74) is 2.32. The maximum Gasteiger partial charge on any atom is 0.168 e. The first kappa shape index (κ1) is 14.8. The minimum Gasteiger partial charge on any atom is -0.496 e. The van der Waals surface area contributed by atoms with Gasteiger partial charge >= 0.3 is 0 Å². The quantitative estimate of drug-likeness (QED) is 0.910. The van der Waals surface area contributed by atoms with Crippen LogP contribution < -0.4 is 4.74 Å². The summed E-state index contributed by atoms with van der Waals surface area (Å²) in [4.78, 5) is 0. The van der Waals surface area contributed by atoms with Crippen molar-refractivity contribution in [2.24, 2.45) is 0 Å². The molecular formula is C17H24O4. The lowest BCUT2D eigenvalue weighted by atomic mass is 9.76. The molecule has 116 valence electrons. The van der Waals surface area contributed by atoms with Crippen LogP contribution in [0.4, 0.5) is 0 Å². The van der Waals surface area contributed by atoms with E-state index in [1.54, 1.807) is 7.11 Å². The van der Waals surface area contributed by atoms with Gasteiger partial charge in [-0.25, -0.2) is 0 Å². The molecule has 0 aromatic heterocycles. The monoisotopic (exact) mass is 292 g/mol. The van der Waals surface area contributed by atoms with E-state index in [4.69, 9.17) is 14.2 Å². The molecule has 2 fully saturated rings. The molecule has 1 heterocycles. The van der Waals surface area contributed by atoms with Crippen LogP contribution >= 0.6 is 0 Å². The van der Waals surface area contributed by atoms with E-state index in [1.807, 2.05) is 26.0 Å². The van der Waals surface area contributed by atoms with Crippen molar-refractivity contribution >= 4 is 0 Å². The normalized spacial score (nSPS) is 23.4. The van der Waals surface area contributed by atoms with E-state index in [2.05, 4.69) is 0 Å². The Morgan fingerprint density at radius 1 is 1.00 bits per heavy atom. The minimum absolute atomic E-state index is 0.442. The van der Waals surface area contributed by atoms with Gasteiger partial charge in [0, 0.05) is 12.8 Å². The zero-order valence-electron chi connectivity index (χ0n) is 13.1. The van der Waals surface area contributed by atoms with Crippen molar-refractivity contribution in [1.82, 2.24) is 0 Å². The first-order valence-electron chi connectivity index (χ1n) is 7.64. The van der Waals surface area contributed by atoms with Crippen molar-refractivity contribution in [2.75, 3.05) is 20.3 Å². The summed E-state index contributed by atoms with van der Waals surface area (Å²) in [6, 6.07) is 4.08. The number of ether oxygens (including phenoxy) is 3. The standard InChI is InChI=1S/C17H24O4/c1-12-10-14(11-13(2)15(12)19-3)16(18)4-6-17(7-5-16)20-8-9-21-17/h10-11,18H,4-9H2,1-3H3. The van der Waals surface area contributed by atoms with Crippen LogP contribution in [0.1, 0.15) is 42.4 Å². The van der Waals surface area contributed by atoms with Crippen molar-refractivity contribution in [3.63, 3.8) is 0 Å². The van der Waals surface area contributed by atoms with E-state index < -0.39 is 11.4 Å². The molecule has 1 aliphatic heterocycles. The van der Waals surface area contributed by atoms with Gasteiger partial charge in [0.15, 0.2) is 5.79 Å². The Kier molecular flexibility index (Phi) is 3.72. The summed E-state index contributed by atoms with van der Waals surface area (Å²) in [5.74, 6) is 0.458. The van der Waals surface area contributed by atoms with Crippen LogP contribution in [0.2, 0.25) is 0 Å². The average Bonchev–Trinajstić information content (AvgIpc) is 2.91. The lowest BCUT2D eigenvalue weighted by Gasteiger charge is -2.41. The lowest BCUT2D eigenvalue weighted by molar-refractivity contribution is -0.204. The number of aryl methyl sites for hydroxylation is 2. The maximum atomic E-state index is 11.0. The summed E-state index contributed by atoms with van der Waals surface area (Å²) < 4.78 is 16.9. The topological polar surface area (TPSA) is 47.9 Å². The van der Waals surface area contributed by atoms with Crippen LogP contribution in [-0.2, 0) is 15.1 Å². The molecule has 1 aliphatic carbocycles. The summed E-state index contributed by atoms with van der Waals surface area (Å²) >= 11 is 0. The molecule has 0 unspecified atom stereocenters. The first-order valence-corrected chi connectivity index (χ1v) is 7.64. The molecule has 3 rings (SSSR count). The fraction of sp³-hybridized carbons (Fsp3) is 0.647. The van der Waals surface area contributed by atoms with Gasteiger partial charge in [0.05, 0.1) is 25.9 Å². The molecule has 2 aliphatic rings. The van der Waals surface area contributed by atoms with Gasteiger partial charge in [0.2, 0.25) is 0 Å². The van der Waals surface area contributed by atoms with Crippen molar-refractivity contribution in [1.29, 1.82) is 0 Å². The van der Waals surface area contributed by atoms with Crippen LogP contribution in [0, 0.1) is 13.8 Å². The van der Waals surface area contributed by atoms with Crippen LogP contribution in [0.5, 0.6) is 5.75 Å². The van der Waals surface area contributed by atoms with Crippen molar-refractivity contribution in [3.8, 4) is 5.75 Å². The highest BCUT2D eigenvalue weighted by Gasteiger charge is 2.46. The Morgan fingerprint density at radius 3 is 2.00 bits per heavy atom. The van der Waals surface area contributed by atoms with E-state index in [1.165, 1.54) is 0 Å². The molecule has 0 bridgehead atoms. The smallest absolute Gasteiger partial charge is 0.168 e. The van der Waals surface area contributed by atoms with E-state index in [9.17, 15) is 5.11 Å². The highest BCUT2D eigenvalue weighted by molar-refractivity contribution is 5.45. The van der Waals surface area contributed by atoms with E-state index in [-0.39, 0.29) is 0 Å². The molecule has 4 heteroatoms. The summed E-state index contributed by atoms with van der Waals surface area (Å²) in [6.07, 6.45) is 2.82. The number of hydrogen-bond donors (Lipinski definition) is 1. The second kappa shape index (κ2) is 5.27. The van der Waals surface area contributed by atoms with E-state index in [0.717, 1.165) is 35.3 Å². The third-order valence-electron chi connectivity index (χ3n) is 4.85. The average molecular weight is 292 g/mol. The van der Waals surface area contributed by atoms with Gasteiger partial charge in [-0.05, 0) is 55.5 Å². The SMILES string of the molecule is COc1c(C)cc(C2(O)CCC3(CC2)OCCO3)cc1C. The highest BCUT2D eigenvalue weighted by atomic mass is 16.7. The predicted octanol–water partition coefficient (Wildman–Crippen LogP) is 2.82. The van der Waals surface area contributed by atoms with Gasteiger partial charge in [-0.3, -0.25) is 0 Å². The van der Waals surface area contributed by atoms with Crippen molar-refractivity contribution in [2.45, 2.75) is 50.9 Å². The summed E-state index contributed by atoms with van der Waals surface area (Å²) in [7, 11) is 1.68. The summed E-state index contributed by atoms with van der Waals surface area (Å²) in [5, 5.41) is 11.0. The number of benzene rings is 1. The molecular weight excluding hydrogens is 268 g/mol. The maximum absolute atomic E-state index is 11.0. The first-order chi connectivity index (χ1) is 9.98. The fourth-order valence-corrected chi connectivity index (χ4v) is 3.66. The Labute approximate surface area is 126 Å². The highest BCUT2D eigenvalue weighted by Crippen LogP contribution is 2.45. The third kappa shape index (κ3) is 2.56. The second-order valence-electron chi connectivity index (χ2n) is 6.28. The molecule has 1 saturated carbocycles.